The van der Waals surface area contributed by atoms with E-state index in [4.69, 9.17) is 9.47 Å². The Kier molecular flexibility index (Phi) is 4.14. The van der Waals surface area contributed by atoms with Crippen molar-refractivity contribution < 1.29 is 9.47 Å². The quantitative estimate of drug-likeness (QED) is 0.730. The fraction of sp³-hybridized carbons (Fsp3) is 1.00. The maximum atomic E-state index is 5.89. The van der Waals surface area contributed by atoms with Gasteiger partial charge >= 0.3 is 0 Å². The molecular formula is C15H28O2. The Balaban J connectivity index is 1.82. The summed E-state index contributed by atoms with van der Waals surface area (Å²) in [6.45, 7) is 7.89. The van der Waals surface area contributed by atoms with Crippen LogP contribution in [0.1, 0.15) is 52.9 Å². The van der Waals surface area contributed by atoms with Crippen LogP contribution in [-0.2, 0) is 9.47 Å². The second kappa shape index (κ2) is 5.27. The van der Waals surface area contributed by atoms with Crippen molar-refractivity contribution in [2.75, 3.05) is 13.7 Å². The molecule has 0 bridgehead atoms. The topological polar surface area (TPSA) is 18.5 Å². The zero-order valence-corrected chi connectivity index (χ0v) is 11.9. The van der Waals surface area contributed by atoms with Crippen LogP contribution >= 0.6 is 0 Å². The van der Waals surface area contributed by atoms with Crippen LogP contribution in [0.15, 0.2) is 0 Å². The molecule has 0 aromatic carbocycles. The first-order chi connectivity index (χ1) is 8.10. The van der Waals surface area contributed by atoms with Gasteiger partial charge in [-0.1, -0.05) is 20.8 Å². The molecule has 0 radical (unpaired) electrons. The lowest BCUT2D eigenvalue weighted by Gasteiger charge is -2.29. The highest BCUT2D eigenvalue weighted by Gasteiger charge is 2.57. The normalized spacial score (nSPS) is 39.4. The zero-order chi connectivity index (χ0) is 12.5. The van der Waals surface area contributed by atoms with Gasteiger partial charge < -0.3 is 9.47 Å². The van der Waals surface area contributed by atoms with Gasteiger partial charge in [-0.3, -0.25) is 0 Å². The molecule has 1 aliphatic carbocycles. The van der Waals surface area contributed by atoms with E-state index in [2.05, 4.69) is 20.8 Å². The Morgan fingerprint density at radius 3 is 2.53 bits per heavy atom. The Morgan fingerprint density at radius 2 is 2.06 bits per heavy atom. The SMILES string of the molecule is COC1(C(C)C)CC1CC(C)C1CCCCO1. The van der Waals surface area contributed by atoms with Gasteiger partial charge in [0.05, 0.1) is 11.7 Å². The number of hydrogen-bond donors (Lipinski definition) is 0. The number of methoxy groups -OCH3 is 1. The van der Waals surface area contributed by atoms with Crippen LogP contribution in [-0.4, -0.2) is 25.4 Å². The fourth-order valence-electron chi connectivity index (χ4n) is 3.62. The third-order valence-corrected chi connectivity index (χ3v) is 4.96. The highest BCUT2D eigenvalue weighted by molar-refractivity contribution is 5.07. The molecule has 1 saturated carbocycles. The first kappa shape index (κ1) is 13.4. The molecule has 2 fully saturated rings. The Labute approximate surface area is 106 Å². The molecule has 0 amide bonds. The highest BCUT2D eigenvalue weighted by Crippen LogP contribution is 2.55. The molecule has 1 aliphatic heterocycles. The van der Waals surface area contributed by atoms with Crippen LogP contribution < -0.4 is 0 Å². The summed E-state index contributed by atoms with van der Waals surface area (Å²) in [5.41, 5.74) is 0.183. The number of ether oxygens (including phenoxy) is 2. The number of rotatable bonds is 5. The maximum Gasteiger partial charge on any atom is 0.0734 e. The zero-order valence-electron chi connectivity index (χ0n) is 11.9. The molecule has 0 spiro atoms. The summed E-state index contributed by atoms with van der Waals surface area (Å²) >= 11 is 0. The van der Waals surface area contributed by atoms with Gasteiger partial charge in [0.25, 0.3) is 0 Å². The summed E-state index contributed by atoms with van der Waals surface area (Å²) in [6.07, 6.45) is 6.88. The van der Waals surface area contributed by atoms with Crippen molar-refractivity contribution in [3.8, 4) is 0 Å². The van der Waals surface area contributed by atoms with Crippen molar-refractivity contribution in [1.29, 1.82) is 0 Å². The lowest BCUT2D eigenvalue weighted by molar-refractivity contribution is -0.0264. The Hall–Kier alpha value is -0.0800. The molecule has 2 aliphatic rings. The minimum atomic E-state index is 0.183. The van der Waals surface area contributed by atoms with Gasteiger partial charge in [-0.2, -0.15) is 0 Å². The average molecular weight is 240 g/mol. The van der Waals surface area contributed by atoms with E-state index in [1.807, 2.05) is 7.11 Å². The van der Waals surface area contributed by atoms with E-state index < -0.39 is 0 Å². The molecule has 0 aromatic rings. The summed E-state index contributed by atoms with van der Waals surface area (Å²) in [4.78, 5) is 0. The van der Waals surface area contributed by atoms with Crippen LogP contribution in [0, 0.1) is 17.8 Å². The van der Waals surface area contributed by atoms with Crippen molar-refractivity contribution in [3.05, 3.63) is 0 Å². The molecule has 1 saturated heterocycles. The minimum Gasteiger partial charge on any atom is -0.378 e. The van der Waals surface area contributed by atoms with Gasteiger partial charge in [-0.05, 0) is 49.9 Å². The third kappa shape index (κ3) is 2.68. The van der Waals surface area contributed by atoms with Crippen molar-refractivity contribution >= 4 is 0 Å². The van der Waals surface area contributed by atoms with Gasteiger partial charge in [0.15, 0.2) is 0 Å². The minimum absolute atomic E-state index is 0.183. The monoisotopic (exact) mass is 240 g/mol. The Bertz CT molecular complexity index is 245. The highest BCUT2D eigenvalue weighted by atomic mass is 16.5. The second-order valence-electron chi connectivity index (χ2n) is 6.33. The van der Waals surface area contributed by atoms with Crippen LogP contribution in [0.5, 0.6) is 0 Å². The molecule has 0 aromatic heterocycles. The van der Waals surface area contributed by atoms with E-state index in [-0.39, 0.29) is 5.60 Å². The summed E-state index contributed by atoms with van der Waals surface area (Å²) in [6, 6.07) is 0. The third-order valence-electron chi connectivity index (χ3n) is 4.96. The van der Waals surface area contributed by atoms with Crippen molar-refractivity contribution in [2.24, 2.45) is 17.8 Å². The van der Waals surface area contributed by atoms with Gasteiger partial charge in [0, 0.05) is 13.7 Å². The van der Waals surface area contributed by atoms with E-state index in [0.29, 0.717) is 17.9 Å². The summed E-state index contributed by atoms with van der Waals surface area (Å²) < 4.78 is 11.7. The first-order valence-electron chi connectivity index (χ1n) is 7.27. The van der Waals surface area contributed by atoms with Gasteiger partial charge in [-0.15, -0.1) is 0 Å². The molecule has 2 rings (SSSR count). The summed E-state index contributed by atoms with van der Waals surface area (Å²) in [5.74, 6) is 2.08. The van der Waals surface area contributed by atoms with Gasteiger partial charge in [0.2, 0.25) is 0 Å². The van der Waals surface area contributed by atoms with E-state index in [9.17, 15) is 0 Å². The van der Waals surface area contributed by atoms with Crippen molar-refractivity contribution in [2.45, 2.75) is 64.6 Å². The summed E-state index contributed by atoms with van der Waals surface area (Å²) in [5, 5.41) is 0. The van der Waals surface area contributed by atoms with E-state index in [0.717, 1.165) is 12.5 Å². The van der Waals surface area contributed by atoms with E-state index >= 15 is 0 Å². The molecule has 2 heteroatoms. The van der Waals surface area contributed by atoms with Crippen LogP contribution in [0.25, 0.3) is 0 Å². The van der Waals surface area contributed by atoms with Gasteiger partial charge in [0.1, 0.15) is 0 Å². The first-order valence-corrected chi connectivity index (χ1v) is 7.27. The van der Waals surface area contributed by atoms with Crippen LogP contribution in [0.4, 0.5) is 0 Å². The molecule has 1 heterocycles. The van der Waals surface area contributed by atoms with Crippen molar-refractivity contribution in [3.63, 3.8) is 0 Å². The van der Waals surface area contributed by atoms with E-state index in [1.165, 1.54) is 32.1 Å². The lowest BCUT2D eigenvalue weighted by atomic mass is 9.90. The smallest absolute Gasteiger partial charge is 0.0734 e. The molecule has 0 N–H and O–H groups in total. The molecule has 4 unspecified atom stereocenters. The molecular weight excluding hydrogens is 212 g/mol. The standard InChI is InChI=1S/C15H28O2/c1-11(2)15(16-4)10-13(15)9-12(3)14-7-5-6-8-17-14/h11-14H,5-10H2,1-4H3. The molecule has 17 heavy (non-hydrogen) atoms. The maximum absolute atomic E-state index is 5.89. The number of hydrogen-bond acceptors (Lipinski definition) is 2. The summed E-state index contributed by atoms with van der Waals surface area (Å²) in [7, 11) is 1.88. The predicted octanol–water partition coefficient (Wildman–Crippen LogP) is 3.64. The van der Waals surface area contributed by atoms with Crippen LogP contribution in [0.3, 0.4) is 0 Å². The second-order valence-corrected chi connectivity index (χ2v) is 6.33. The molecule has 4 atom stereocenters. The predicted molar refractivity (Wildman–Crippen MR) is 70.1 cm³/mol. The molecule has 2 nitrogen and oxygen atoms in total. The lowest BCUT2D eigenvalue weighted by Crippen LogP contribution is -2.29. The van der Waals surface area contributed by atoms with E-state index in [1.54, 1.807) is 0 Å². The fourth-order valence-corrected chi connectivity index (χ4v) is 3.62. The van der Waals surface area contributed by atoms with Crippen LogP contribution in [0.2, 0.25) is 0 Å². The largest absolute Gasteiger partial charge is 0.378 e. The average Bonchev–Trinajstić information content (AvgIpc) is 3.05. The Morgan fingerprint density at radius 1 is 1.29 bits per heavy atom. The molecule has 100 valence electrons. The van der Waals surface area contributed by atoms with Gasteiger partial charge in [-0.25, -0.2) is 0 Å². The van der Waals surface area contributed by atoms with Crippen molar-refractivity contribution in [1.82, 2.24) is 0 Å².